The Bertz CT molecular complexity index is 1560. The van der Waals surface area contributed by atoms with Crippen molar-refractivity contribution < 1.29 is 19.4 Å². The van der Waals surface area contributed by atoms with Gasteiger partial charge in [-0.05, 0) is 61.4 Å². The molecule has 0 radical (unpaired) electrons. The number of amides is 1. The smallest absolute Gasteiger partial charge is 0.300 e. The summed E-state index contributed by atoms with van der Waals surface area (Å²) in [4.78, 5) is 28.6. The van der Waals surface area contributed by atoms with E-state index in [0.717, 1.165) is 27.6 Å². The minimum absolute atomic E-state index is 0.0138. The van der Waals surface area contributed by atoms with Crippen molar-refractivity contribution in [3.8, 4) is 5.75 Å². The average molecular weight is 501 g/mol. The lowest BCUT2D eigenvalue weighted by Gasteiger charge is -2.25. The first-order valence-corrected chi connectivity index (χ1v) is 11.9. The maximum Gasteiger partial charge on any atom is 0.300 e. The second-order valence-electron chi connectivity index (χ2n) is 9.08. The molecule has 0 saturated carbocycles. The molecule has 0 bridgehead atoms. The number of methoxy groups -OCH3 is 1. The summed E-state index contributed by atoms with van der Waals surface area (Å²) >= 11 is 6.18. The standard InChI is InChI=1S/C29H25ClN2O4/c1-16-11-17(2)13-19(12-16)32-26(21-15-31(3)23-8-6-5-7-20(21)23)25(28(34)29(32)35)27(33)18-9-10-22(30)24(14-18)36-4/h5-15,26,33H,1-4H3/b27-25+. The number of nitrogens with zero attached hydrogens (tertiary/aromatic N) is 2. The van der Waals surface area contributed by atoms with Crippen molar-refractivity contribution in [3.63, 3.8) is 0 Å². The van der Waals surface area contributed by atoms with E-state index in [0.29, 0.717) is 22.0 Å². The van der Waals surface area contributed by atoms with Crippen LogP contribution < -0.4 is 9.64 Å². The SMILES string of the molecule is COc1cc(/C(O)=C2\C(=O)C(=O)N(c3cc(C)cc(C)c3)C2c2cn(C)c3ccccc23)ccc1Cl. The van der Waals surface area contributed by atoms with Gasteiger partial charge in [0.15, 0.2) is 0 Å². The summed E-state index contributed by atoms with van der Waals surface area (Å²) in [6.07, 6.45) is 1.91. The maximum absolute atomic E-state index is 13.6. The van der Waals surface area contributed by atoms with E-state index >= 15 is 0 Å². The molecule has 1 N–H and O–H groups in total. The van der Waals surface area contributed by atoms with Crippen LogP contribution in [0.15, 0.2) is 72.4 Å². The third-order valence-corrected chi connectivity index (χ3v) is 6.89. The summed E-state index contributed by atoms with van der Waals surface area (Å²) in [5.74, 6) is -1.38. The summed E-state index contributed by atoms with van der Waals surface area (Å²) in [5.41, 5.74) is 4.57. The summed E-state index contributed by atoms with van der Waals surface area (Å²) in [6.45, 7) is 3.89. The lowest BCUT2D eigenvalue weighted by molar-refractivity contribution is -0.132. The van der Waals surface area contributed by atoms with E-state index < -0.39 is 17.7 Å². The number of rotatable bonds is 4. The zero-order valence-electron chi connectivity index (χ0n) is 20.4. The monoisotopic (exact) mass is 500 g/mol. The van der Waals surface area contributed by atoms with Gasteiger partial charge in [0.25, 0.3) is 11.7 Å². The number of carbonyl (C=O) groups is 2. The zero-order chi connectivity index (χ0) is 25.7. The first kappa shape index (κ1) is 23.7. The van der Waals surface area contributed by atoms with Crippen molar-refractivity contribution in [2.75, 3.05) is 12.0 Å². The molecule has 2 heterocycles. The Kier molecular flexibility index (Phi) is 5.85. The Labute approximate surface area is 214 Å². The fourth-order valence-corrected chi connectivity index (χ4v) is 5.23. The molecule has 1 unspecified atom stereocenters. The molecule has 1 aliphatic rings. The number of ketones is 1. The molecule has 0 spiro atoms. The Hall–Kier alpha value is -4.03. The van der Waals surface area contributed by atoms with Crippen LogP contribution in [0, 0.1) is 13.8 Å². The predicted molar refractivity (Wildman–Crippen MR) is 142 cm³/mol. The lowest BCUT2D eigenvalue weighted by atomic mass is 9.94. The van der Waals surface area contributed by atoms with Crippen LogP contribution in [0.2, 0.25) is 5.02 Å². The van der Waals surface area contributed by atoms with Crippen LogP contribution in [0.1, 0.15) is 28.3 Å². The van der Waals surface area contributed by atoms with Gasteiger partial charge in [0, 0.05) is 41.0 Å². The molecule has 7 heteroatoms. The summed E-state index contributed by atoms with van der Waals surface area (Å²) < 4.78 is 7.26. The van der Waals surface area contributed by atoms with Gasteiger partial charge >= 0.3 is 0 Å². The van der Waals surface area contributed by atoms with E-state index in [4.69, 9.17) is 16.3 Å². The van der Waals surface area contributed by atoms with E-state index in [1.165, 1.54) is 12.0 Å². The first-order valence-electron chi connectivity index (χ1n) is 11.5. The number of aliphatic hydroxyl groups excluding tert-OH is 1. The number of aliphatic hydroxyl groups is 1. The minimum atomic E-state index is -0.834. The number of fused-ring (bicyclic) bond motifs is 1. The molecule has 1 amide bonds. The quantitative estimate of drug-likeness (QED) is 0.209. The topological polar surface area (TPSA) is 71.8 Å². The highest BCUT2D eigenvalue weighted by atomic mass is 35.5. The Morgan fingerprint density at radius 3 is 2.39 bits per heavy atom. The molecule has 0 aliphatic carbocycles. The second kappa shape index (κ2) is 8.88. The van der Waals surface area contributed by atoms with Gasteiger partial charge in [-0.2, -0.15) is 0 Å². The second-order valence-corrected chi connectivity index (χ2v) is 9.48. The van der Waals surface area contributed by atoms with Crippen LogP contribution in [-0.2, 0) is 16.6 Å². The van der Waals surface area contributed by atoms with Gasteiger partial charge in [-0.1, -0.05) is 35.9 Å². The highest BCUT2D eigenvalue weighted by Crippen LogP contribution is 2.45. The van der Waals surface area contributed by atoms with Crippen LogP contribution in [-0.4, -0.2) is 28.5 Å². The number of halogens is 1. The van der Waals surface area contributed by atoms with E-state index in [1.54, 1.807) is 18.2 Å². The molecule has 5 rings (SSSR count). The van der Waals surface area contributed by atoms with Crippen molar-refractivity contribution in [1.82, 2.24) is 4.57 Å². The van der Waals surface area contributed by atoms with E-state index in [-0.39, 0.29) is 11.3 Å². The molecule has 4 aromatic rings. The molecule has 3 aromatic carbocycles. The number of aromatic nitrogens is 1. The van der Waals surface area contributed by atoms with Gasteiger partial charge in [-0.3, -0.25) is 14.5 Å². The molecule has 36 heavy (non-hydrogen) atoms. The molecular weight excluding hydrogens is 476 g/mol. The Balaban J connectivity index is 1.82. The maximum atomic E-state index is 13.6. The van der Waals surface area contributed by atoms with E-state index in [2.05, 4.69) is 0 Å². The molecule has 6 nitrogen and oxygen atoms in total. The van der Waals surface area contributed by atoms with Gasteiger partial charge in [0.2, 0.25) is 0 Å². The van der Waals surface area contributed by atoms with Gasteiger partial charge in [-0.25, -0.2) is 0 Å². The molecule has 1 saturated heterocycles. The number of anilines is 1. The fourth-order valence-electron chi connectivity index (χ4n) is 5.04. The number of hydrogen-bond donors (Lipinski definition) is 1. The molecule has 182 valence electrons. The normalized spacial score (nSPS) is 17.2. The summed E-state index contributed by atoms with van der Waals surface area (Å²) in [7, 11) is 3.39. The number of para-hydroxylation sites is 1. The van der Waals surface area contributed by atoms with Crippen molar-refractivity contribution in [3.05, 3.63) is 99.7 Å². The number of Topliss-reactive ketones (excluding diaryl/α,β-unsaturated/α-hetero) is 1. The molecule has 1 aliphatic heterocycles. The van der Waals surface area contributed by atoms with Crippen LogP contribution in [0.25, 0.3) is 16.7 Å². The first-order chi connectivity index (χ1) is 17.2. The van der Waals surface area contributed by atoms with Crippen LogP contribution in [0.4, 0.5) is 5.69 Å². The number of aryl methyl sites for hydroxylation is 3. The average Bonchev–Trinajstić information content (AvgIpc) is 3.32. The van der Waals surface area contributed by atoms with E-state index in [1.807, 2.05) is 74.1 Å². The third kappa shape index (κ3) is 3.74. The minimum Gasteiger partial charge on any atom is -0.507 e. The predicted octanol–water partition coefficient (Wildman–Crippen LogP) is 6.08. The molecular formula is C29H25ClN2O4. The summed E-state index contributed by atoms with van der Waals surface area (Å²) in [6, 6.07) is 17.5. The third-order valence-electron chi connectivity index (χ3n) is 6.58. The molecule has 1 atom stereocenters. The van der Waals surface area contributed by atoms with Crippen molar-refractivity contribution >= 4 is 45.6 Å². The van der Waals surface area contributed by atoms with Gasteiger partial charge in [-0.15, -0.1) is 0 Å². The number of hydrogen-bond acceptors (Lipinski definition) is 4. The zero-order valence-corrected chi connectivity index (χ0v) is 21.1. The molecule has 1 aromatic heterocycles. The number of carbonyl (C=O) groups excluding carboxylic acids is 2. The van der Waals surface area contributed by atoms with Crippen molar-refractivity contribution in [2.45, 2.75) is 19.9 Å². The van der Waals surface area contributed by atoms with Crippen molar-refractivity contribution in [2.24, 2.45) is 7.05 Å². The highest BCUT2D eigenvalue weighted by Gasteiger charge is 2.48. The van der Waals surface area contributed by atoms with E-state index in [9.17, 15) is 14.7 Å². The summed E-state index contributed by atoms with van der Waals surface area (Å²) in [5, 5.41) is 12.7. The lowest BCUT2D eigenvalue weighted by Crippen LogP contribution is -2.29. The number of ether oxygens (including phenoxy) is 1. The Morgan fingerprint density at radius 2 is 1.69 bits per heavy atom. The van der Waals surface area contributed by atoms with Crippen LogP contribution in [0.5, 0.6) is 5.75 Å². The van der Waals surface area contributed by atoms with Gasteiger partial charge < -0.3 is 14.4 Å². The van der Waals surface area contributed by atoms with Gasteiger partial charge in [0.05, 0.1) is 23.7 Å². The fraction of sp³-hybridized carbons (Fsp3) is 0.172. The van der Waals surface area contributed by atoms with Crippen LogP contribution in [0.3, 0.4) is 0 Å². The van der Waals surface area contributed by atoms with Crippen molar-refractivity contribution in [1.29, 1.82) is 0 Å². The highest BCUT2D eigenvalue weighted by molar-refractivity contribution is 6.52. The Morgan fingerprint density at radius 1 is 1.00 bits per heavy atom. The number of benzene rings is 3. The molecule has 1 fully saturated rings. The van der Waals surface area contributed by atoms with Gasteiger partial charge in [0.1, 0.15) is 11.5 Å². The largest absolute Gasteiger partial charge is 0.507 e. The van der Waals surface area contributed by atoms with Crippen LogP contribution >= 0.6 is 11.6 Å².